The molecule has 1 atom stereocenters. The number of halogens is 2. The topological polar surface area (TPSA) is 26.0 Å². The van der Waals surface area contributed by atoms with Crippen molar-refractivity contribution in [2.45, 2.75) is 17.4 Å². The Morgan fingerprint density at radius 3 is 2.77 bits per heavy atom. The summed E-state index contributed by atoms with van der Waals surface area (Å²) in [6.45, 7) is 0. The van der Waals surface area contributed by atoms with Gasteiger partial charge in [0.15, 0.2) is 11.6 Å². The second-order valence-electron chi connectivity index (χ2n) is 3.05. The third-order valence-electron chi connectivity index (χ3n) is 2.14. The highest BCUT2D eigenvalue weighted by Crippen LogP contribution is 2.35. The van der Waals surface area contributed by atoms with Crippen molar-refractivity contribution in [3.8, 4) is 0 Å². The van der Waals surface area contributed by atoms with E-state index in [4.69, 9.17) is 5.73 Å². The Hall–Kier alpha value is -0.610. The summed E-state index contributed by atoms with van der Waals surface area (Å²) >= 11 is 1.53. The molecule has 70 valence electrons. The minimum absolute atomic E-state index is 0.147. The normalized spacial score (nSPS) is 21.3. The highest BCUT2D eigenvalue weighted by Gasteiger charge is 2.19. The molecule has 0 aromatic heterocycles. The Kier molecular flexibility index (Phi) is 2.26. The van der Waals surface area contributed by atoms with E-state index in [0.717, 1.165) is 22.6 Å². The summed E-state index contributed by atoms with van der Waals surface area (Å²) in [5.41, 5.74) is 6.49. The van der Waals surface area contributed by atoms with Crippen LogP contribution in [0.4, 0.5) is 8.78 Å². The largest absolute Gasteiger partial charge is 0.324 e. The quantitative estimate of drug-likeness (QED) is 0.697. The second kappa shape index (κ2) is 3.27. The van der Waals surface area contributed by atoms with Crippen LogP contribution in [0.2, 0.25) is 0 Å². The van der Waals surface area contributed by atoms with Gasteiger partial charge in [-0.05, 0) is 29.9 Å². The average Bonchev–Trinajstić information content (AvgIpc) is 2.09. The van der Waals surface area contributed by atoms with Crippen LogP contribution in [0, 0.1) is 11.6 Å². The highest BCUT2D eigenvalue weighted by atomic mass is 32.2. The molecule has 1 aromatic carbocycles. The molecule has 1 aliphatic heterocycles. The summed E-state index contributed by atoms with van der Waals surface area (Å²) < 4.78 is 25.6. The Morgan fingerprint density at radius 1 is 1.31 bits per heavy atom. The van der Waals surface area contributed by atoms with E-state index in [1.807, 2.05) is 0 Å². The van der Waals surface area contributed by atoms with E-state index in [2.05, 4.69) is 0 Å². The first kappa shape index (κ1) is 8.97. The van der Waals surface area contributed by atoms with E-state index in [-0.39, 0.29) is 6.04 Å². The van der Waals surface area contributed by atoms with Crippen LogP contribution in [0.25, 0.3) is 0 Å². The molecule has 0 bridgehead atoms. The maximum Gasteiger partial charge on any atom is 0.159 e. The van der Waals surface area contributed by atoms with Crippen LogP contribution in [-0.4, -0.2) is 5.75 Å². The zero-order valence-electron chi connectivity index (χ0n) is 6.89. The molecule has 0 saturated carbocycles. The van der Waals surface area contributed by atoms with Gasteiger partial charge in [-0.2, -0.15) is 0 Å². The fourth-order valence-corrected chi connectivity index (χ4v) is 2.57. The summed E-state index contributed by atoms with van der Waals surface area (Å²) in [4.78, 5) is 0.776. The highest BCUT2D eigenvalue weighted by molar-refractivity contribution is 7.99. The van der Waals surface area contributed by atoms with Crippen LogP contribution < -0.4 is 5.73 Å². The van der Waals surface area contributed by atoms with E-state index < -0.39 is 11.6 Å². The van der Waals surface area contributed by atoms with Crippen molar-refractivity contribution in [2.24, 2.45) is 5.73 Å². The Balaban J connectivity index is 2.52. The van der Waals surface area contributed by atoms with Gasteiger partial charge in [0.2, 0.25) is 0 Å². The standard InChI is InChI=1S/C9H9F2NS/c10-6-3-5-8(12)1-2-13-9(5)4-7(6)11/h3-4,8H,1-2,12H2. The Morgan fingerprint density at radius 2 is 2.00 bits per heavy atom. The fourth-order valence-electron chi connectivity index (χ4n) is 1.41. The van der Waals surface area contributed by atoms with Gasteiger partial charge in [0.05, 0.1) is 0 Å². The smallest absolute Gasteiger partial charge is 0.159 e. The van der Waals surface area contributed by atoms with E-state index in [0.29, 0.717) is 0 Å². The number of hydrogen-bond donors (Lipinski definition) is 1. The van der Waals surface area contributed by atoms with Crippen LogP contribution >= 0.6 is 11.8 Å². The lowest BCUT2D eigenvalue weighted by Gasteiger charge is -2.21. The lowest BCUT2D eigenvalue weighted by molar-refractivity contribution is 0.499. The first-order valence-corrected chi connectivity index (χ1v) is 5.04. The van der Waals surface area contributed by atoms with E-state index in [9.17, 15) is 8.78 Å². The molecule has 1 aliphatic rings. The van der Waals surface area contributed by atoms with Crippen LogP contribution in [0.15, 0.2) is 17.0 Å². The van der Waals surface area contributed by atoms with Gasteiger partial charge in [-0.25, -0.2) is 8.78 Å². The van der Waals surface area contributed by atoms with E-state index in [1.54, 1.807) is 0 Å². The molecule has 2 N–H and O–H groups in total. The van der Waals surface area contributed by atoms with Crippen LogP contribution in [0.3, 0.4) is 0 Å². The predicted octanol–water partition coefficient (Wildman–Crippen LogP) is 2.46. The molecule has 13 heavy (non-hydrogen) atoms. The van der Waals surface area contributed by atoms with Crippen molar-refractivity contribution >= 4 is 11.8 Å². The number of nitrogens with two attached hydrogens (primary N) is 1. The number of hydrogen-bond acceptors (Lipinski definition) is 2. The van der Waals surface area contributed by atoms with Crippen molar-refractivity contribution in [3.05, 3.63) is 29.3 Å². The van der Waals surface area contributed by atoms with E-state index >= 15 is 0 Å². The monoisotopic (exact) mass is 201 g/mol. The molecule has 4 heteroatoms. The number of rotatable bonds is 0. The second-order valence-corrected chi connectivity index (χ2v) is 4.18. The van der Waals surface area contributed by atoms with Gasteiger partial charge in [0, 0.05) is 10.9 Å². The van der Waals surface area contributed by atoms with Gasteiger partial charge in [-0.3, -0.25) is 0 Å². The van der Waals surface area contributed by atoms with Crippen LogP contribution in [-0.2, 0) is 0 Å². The van der Waals surface area contributed by atoms with Crippen molar-refractivity contribution in [1.29, 1.82) is 0 Å². The molecule has 2 rings (SSSR count). The van der Waals surface area contributed by atoms with Crippen LogP contribution in [0.5, 0.6) is 0 Å². The maximum absolute atomic E-state index is 12.8. The average molecular weight is 201 g/mol. The molecule has 1 unspecified atom stereocenters. The molecule has 1 aromatic rings. The first-order chi connectivity index (χ1) is 6.18. The predicted molar refractivity (Wildman–Crippen MR) is 48.6 cm³/mol. The van der Waals surface area contributed by atoms with Crippen molar-refractivity contribution in [1.82, 2.24) is 0 Å². The van der Waals surface area contributed by atoms with Gasteiger partial charge < -0.3 is 5.73 Å². The third-order valence-corrected chi connectivity index (χ3v) is 3.24. The van der Waals surface area contributed by atoms with Crippen LogP contribution in [0.1, 0.15) is 18.0 Å². The van der Waals surface area contributed by atoms with E-state index in [1.165, 1.54) is 23.9 Å². The zero-order valence-corrected chi connectivity index (χ0v) is 7.70. The molecule has 0 saturated heterocycles. The van der Waals surface area contributed by atoms with Gasteiger partial charge >= 0.3 is 0 Å². The number of fused-ring (bicyclic) bond motifs is 1. The van der Waals surface area contributed by atoms with Gasteiger partial charge in [-0.1, -0.05) is 0 Å². The SMILES string of the molecule is NC1CCSc2cc(F)c(F)cc21. The van der Waals surface area contributed by atoms with Gasteiger partial charge in [0.25, 0.3) is 0 Å². The minimum atomic E-state index is -0.809. The summed E-state index contributed by atoms with van der Waals surface area (Å²) in [6.07, 6.45) is 0.822. The molecule has 1 heterocycles. The molecule has 0 fully saturated rings. The van der Waals surface area contributed by atoms with Gasteiger partial charge in [0.1, 0.15) is 0 Å². The van der Waals surface area contributed by atoms with Crippen molar-refractivity contribution in [3.63, 3.8) is 0 Å². The first-order valence-electron chi connectivity index (χ1n) is 4.06. The molecular formula is C9H9F2NS. The lowest BCUT2D eigenvalue weighted by Crippen LogP contribution is -2.16. The minimum Gasteiger partial charge on any atom is -0.324 e. The Labute approximate surface area is 79.3 Å². The molecule has 0 amide bonds. The maximum atomic E-state index is 12.8. The van der Waals surface area contributed by atoms with Crippen molar-refractivity contribution in [2.75, 3.05) is 5.75 Å². The number of benzene rings is 1. The number of thioether (sulfide) groups is 1. The lowest BCUT2D eigenvalue weighted by atomic mass is 10.0. The molecule has 0 aliphatic carbocycles. The summed E-state index contributed by atoms with van der Waals surface area (Å²) in [5, 5.41) is 0. The molecular weight excluding hydrogens is 192 g/mol. The summed E-state index contributed by atoms with van der Waals surface area (Å²) in [6, 6.07) is 2.29. The van der Waals surface area contributed by atoms with Gasteiger partial charge in [-0.15, -0.1) is 11.8 Å². The summed E-state index contributed by atoms with van der Waals surface area (Å²) in [5.74, 6) is -0.726. The van der Waals surface area contributed by atoms with Crippen molar-refractivity contribution < 1.29 is 8.78 Å². The summed E-state index contributed by atoms with van der Waals surface area (Å²) in [7, 11) is 0. The Bertz CT molecular complexity index is 341. The molecule has 0 radical (unpaired) electrons. The fraction of sp³-hybridized carbons (Fsp3) is 0.333. The third kappa shape index (κ3) is 1.56. The molecule has 1 nitrogen and oxygen atoms in total. The molecule has 0 spiro atoms. The zero-order chi connectivity index (χ0) is 9.42.